The van der Waals surface area contributed by atoms with Crippen molar-refractivity contribution < 1.29 is 9.47 Å². The lowest BCUT2D eigenvalue weighted by atomic mass is 10.0. The van der Waals surface area contributed by atoms with E-state index in [2.05, 4.69) is 11.1 Å². The summed E-state index contributed by atoms with van der Waals surface area (Å²) in [6.07, 6.45) is 3.34. The molecule has 4 nitrogen and oxygen atoms in total. The summed E-state index contributed by atoms with van der Waals surface area (Å²) in [4.78, 5) is 4.10. The van der Waals surface area contributed by atoms with Gasteiger partial charge < -0.3 is 9.47 Å². The van der Waals surface area contributed by atoms with Crippen LogP contribution in [0.3, 0.4) is 0 Å². The van der Waals surface area contributed by atoms with Gasteiger partial charge in [0.1, 0.15) is 11.5 Å². The van der Waals surface area contributed by atoms with Crippen LogP contribution in [0.25, 0.3) is 11.1 Å². The fourth-order valence-electron chi connectivity index (χ4n) is 1.68. The van der Waals surface area contributed by atoms with Crippen LogP contribution >= 0.6 is 0 Å². The van der Waals surface area contributed by atoms with E-state index in [9.17, 15) is 0 Å². The van der Waals surface area contributed by atoms with Crippen LogP contribution < -0.4 is 9.47 Å². The normalized spacial score (nSPS) is 9.61. The maximum Gasteiger partial charge on any atom is 0.137 e. The van der Waals surface area contributed by atoms with Gasteiger partial charge in [0.15, 0.2) is 0 Å². The highest BCUT2D eigenvalue weighted by Gasteiger charge is 2.08. The highest BCUT2D eigenvalue weighted by atomic mass is 16.5. The third kappa shape index (κ3) is 2.25. The SMILES string of the molecule is COc1cncc(-c2cc(C#N)ccc2OC)c1. The van der Waals surface area contributed by atoms with Crippen LogP contribution in [0.4, 0.5) is 0 Å². The van der Waals surface area contributed by atoms with E-state index < -0.39 is 0 Å². The molecule has 0 aliphatic heterocycles. The van der Waals surface area contributed by atoms with Crippen molar-refractivity contribution in [2.75, 3.05) is 14.2 Å². The topological polar surface area (TPSA) is 55.1 Å². The van der Waals surface area contributed by atoms with E-state index in [4.69, 9.17) is 14.7 Å². The fraction of sp³-hybridized carbons (Fsp3) is 0.143. The van der Waals surface area contributed by atoms with Crippen LogP contribution in [0.2, 0.25) is 0 Å². The number of rotatable bonds is 3. The van der Waals surface area contributed by atoms with Crippen molar-refractivity contribution in [3.63, 3.8) is 0 Å². The molecule has 1 heterocycles. The van der Waals surface area contributed by atoms with E-state index in [1.165, 1.54) is 0 Å². The van der Waals surface area contributed by atoms with Gasteiger partial charge in [-0.1, -0.05) is 0 Å². The Balaban J connectivity index is 2.57. The van der Waals surface area contributed by atoms with Gasteiger partial charge in [0.05, 0.1) is 32.0 Å². The van der Waals surface area contributed by atoms with E-state index in [-0.39, 0.29) is 0 Å². The third-order valence-corrected chi connectivity index (χ3v) is 2.59. The first-order valence-corrected chi connectivity index (χ1v) is 5.36. The standard InChI is InChI=1S/C14H12N2O2/c1-17-12-6-11(8-16-9-12)13-5-10(7-15)3-4-14(13)18-2/h3-6,8-9H,1-2H3. The summed E-state index contributed by atoms with van der Waals surface area (Å²) < 4.78 is 10.4. The number of nitrogens with zero attached hydrogens (tertiary/aromatic N) is 2. The van der Waals surface area contributed by atoms with Crippen LogP contribution in [-0.2, 0) is 0 Å². The number of aromatic nitrogens is 1. The summed E-state index contributed by atoms with van der Waals surface area (Å²) in [5.74, 6) is 1.36. The molecule has 90 valence electrons. The van der Waals surface area contributed by atoms with E-state index in [1.807, 2.05) is 6.07 Å². The Labute approximate surface area is 105 Å². The van der Waals surface area contributed by atoms with Gasteiger partial charge >= 0.3 is 0 Å². The molecule has 0 aliphatic carbocycles. The van der Waals surface area contributed by atoms with Gasteiger partial charge in [-0.15, -0.1) is 0 Å². The summed E-state index contributed by atoms with van der Waals surface area (Å²) in [6.45, 7) is 0. The molecule has 0 amide bonds. The molecule has 0 aliphatic rings. The van der Waals surface area contributed by atoms with Crippen LogP contribution in [0.15, 0.2) is 36.7 Å². The van der Waals surface area contributed by atoms with Gasteiger partial charge in [0.2, 0.25) is 0 Å². The molecule has 0 spiro atoms. The predicted octanol–water partition coefficient (Wildman–Crippen LogP) is 2.64. The second-order valence-electron chi connectivity index (χ2n) is 3.64. The molecule has 0 unspecified atom stereocenters. The minimum Gasteiger partial charge on any atom is -0.496 e. The molecule has 1 aromatic carbocycles. The van der Waals surface area contributed by atoms with Gasteiger partial charge in [0, 0.05) is 17.3 Å². The van der Waals surface area contributed by atoms with Crippen molar-refractivity contribution in [2.45, 2.75) is 0 Å². The largest absolute Gasteiger partial charge is 0.496 e. The Bertz CT molecular complexity index is 603. The Kier molecular flexibility index (Phi) is 3.44. The van der Waals surface area contributed by atoms with Crippen molar-refractivity contribution in [2.24, 2.45) is 0 Å². The Hall–Kier alpha value is -2.54. The second-order valence-corrected chi connectivity index (χ2v) is 3.64. The van der Waals surface area contributed by atoms with Crippen LogP contribution in [0.5, 0.6) is 11.5 Å². The quantitative estimate of drug-likeness (QED) is 0.827. The molecule has 0 saturated carbocycles. The first-order valence-electron chi connectivity index (χ1n) is 5.36. The monoisotopic (exact) mass is 240 g/mol. The van der Waals surface area contributed by atoms with E-state index in [0.29, 0.717) is 17.1 Å². The lowest BCUT2D eigenvalue weighted by Gasteiger charge is -2.09. The summed E-state index contributed by atoms with van der Waals surface area (Å²) in [7, 11) is 3.18. The highest BCUT2D eigenvalue weighted by Crippen LogP contribution is 2.31. The third-order valence-electron chi connectivity index (χ3n) is 2.59. The summed E-state index contributed by atoms with van der Waals surface area (Å²) in [6, 6.07) is 9.23. The van der Waals surface area contributed by atoms with Gasteiger partial charge in [0.25, 0.3) is 0 Å². The van der Waals surface area contributed by atoms with Gasteiger partial charge in [-0.2, -0.15) is 5.26 Å². The highest BCUT2D eigenvalue weighted by molar-refractivity contribution is 5.72. The maximum absolute atomic E-state index is 8.94. The molecular formula is C14H12N2O2. The molecular weight excluding hydrogens is 228 g/mol. The summed E-state index contributed by atoms with van der Waals surface area (Å²) >= 11 is 0. The number of benzene rings is 1. The van der Waals surface area contributed by atoms with Gasteiger partial charge in [-0.25, -0.2) is 0 Å². The molecule has 1 aromatic heterocycles. The zero-order valence-electron chi connectivity index (χ0n) is 10.2. The number of ether oxygens (including phenoxy) is 2. The fourth-order valence-corrected chi connectivity index (χ4v) is 1.68. The van der Waals surface area contributed by atoms with Crippen LogP contribution in [0, 0.1) is 11.3 Å². The Morgan fingerprint density at radius 2 is 1.94 bits per heavy atom. The predicted molar refractivity (Wildman–Crippen MR) is 67.5 cm³/mol. The van der Waals surface area contributed by atoms with E-state index in [1.54, 1.807) is 44.8 Å². The first kappa shape index (κ1) is 11.9. The zero-order chi connectivity index (χ0) is 13.0. The van der Waals surface area contributed by atoms with Crippen molar-refractivity contribution in [3.8, 4) is 28.7 Å². The Morgan fingerprint density at radius 1 is 1.11 bits per heavy atom. The minimum atomic E-state index is 0.577. The molecule has 0 atom stereocenters. The van der Waals surface area contributed by atoms with E-state index in [0.717, 1.165) is 11.1 Å². The molecule has 18 heavy (non-hydrogen) atoms. The van der Waals surface area contributed by atoms with E-state index >= 15 is 0 Å². The molecule has 0 N–H and O–H groups in total. The number of nitriles is 1. The zero-order valence-corrected chi connectivity index (χ0v) is 10.2. The lowest BCUT2D eigenvalue weighted by Crippen LogP contribution is -1.91. The smallest absolute Gasteiger partial charge is 0.137 e. The lowest BCUT2D eigenvalue weighted by molar-refractivity contribution is 0.412. The molecule has 0 fully saturated rings. The maximum atomic E-state index is 8.94. The average Bonchev–Trinajstić information content (AvgIpc) is 2.46. The van der Waals surface area contributed by atoms with Crippen molar-refractivity contribution in [1.82, 2.24) is 4.98 Å². The van der Waals surface area contributed by atoms with Crippen molar-refractivity contribution in [1.29, 1.82) is 5.26 Å². The number of methoxy groups -OCH3 is 2. The molecule has 2 rings (SSSR count). The van der Waals surface area contributed by atoms with Crippen LogP contribution in [0.1, 0.15) is 5.56 Å². The summed E-state index contributed by atoms with van der Waals surface area (Å²) in [5.41, 5.74) is 2.25. The molecule has 0 saturated heterocycles. The Morgan fingerprint density at radius 3 is 2.61 bits per heavy atom. The average molecular weight is 240 g/mol. The molecule has 4 heteroatoms. The van der Waals surface area contributed by atoms with Gasteiger partial charge in [-0.05, 0) is 24.3 Å². The van der Waals surface area contributed by atoms with Gasteiger partial charge in [-0.3, -0.25) is 4.98 Å². The molecule has 2 aromatic rings. The first-order chi connectivity index (χ1) is 8.78. The van der Waals surface area contributed by atoms with Crippen LogP contribution in [-0.4, -0.2) is 19.2 Å². The minimum absolute atomic E-state index is 0.577. The van der Waals surface area contributed by atoms with Crippen molar-refractivity contribution >= 4 is 0 Å². The molecule has 0 radical (unpaired) electrons. The number of hydrogen-bond acceptors (Lipinski definition) is 4. The second kappa shape index (κ2) is 5.19. The van der Waals surface area contributed by atoms with Crippen molar-refractivity contribution in [3.05, 3.63) is 42.2 Å². The number of hydrogen-bond donors (Lipinski definition) is 0. The summed E-state index contributed by atoms with van der Waals surface area (Å²) in [5, 5.41) is 8.94. The number of pyridine rings is 1. The molecule has 0 bridgehead atoms.